The van der Waals surface area contributed by atoms with E-state index in [9.17, 15) is 4.79 Å². The van der Waals surface area contributed by atoms with Crippen molar-refractivity contribution < 1.29 is 4.79 Å². The Morgan fingerprint density at radius 2 is 2.12 bits per heavy atom. The topological polar surface area (TPSA) is 34.4 Å². The van der Waals surface area contributed by atoms with Crippen molar-refractivity contribution in [1.29, 1.82) is 0 Å². The van der Waals surface area contributed by atoms with Gasteiger partial charge in [0.15, 0.2) is 0 Å². The summed E-state index contributed by atoms with van der Waals surface area (Å²) in [5.74, 6) is 0. The van der Waals surface area contributed by atoms with Crippen LogP contribution in [0, 0.1) is 0 Å². The Bertz CT molecular complexity index is 601. The highest BCUT2D eigenvalue weighted by molar-refractivity contribution is 5.85. The first kappa shape index (κ1) is 9.37. The normalized spacial score (nSPS) is 17.1. The molecule has 16 heavy (non-hydrogen) atoms. The van der Waals surface area contributed by atoms with Gasteiger partial charge in [-0.25, -0.2) is 4.79 Å². The fourth-order valence-corrected chi connectivity index (χ4v) is 2.36. The van der Waals surface area contributed by atoms with Gasteiger partial charge in [0.1, 0.15) is 5.54 Å². The quantitative estimate of drug-likeness (QED) is 0.556. The summed E-state index contributed by atoms with van der Waals surface area (Å²) >= 11 is 0. The van der Waals surface area contributed by atoms with Crippen LogP contribution in [-0.2, 0) is 17.4 Å². The first-order chi connectivity index (χ1) is 7.77. The minimum absolute atomic E-state index is 0.275. The summed E-state index contributed by atoms with van der Waals surface area (Å²) in [6, 6.07) is 8.21. The summed E-state index contributed by atoms with van der Waals surface area (Å²) in [5, 5.41) is 1.20. The molecule has 80 valence electrons. The fraction of sp³-hybridized carbons (Fsp3) is 0.308. The van der Waals surface area contributed by atoms with Crippen molar-refractivity contribution in [2.75, 3.05) is 0 Å². The number of isocyanates is 1. The van der Waals surface area contributed by atoms with Gasteiger partial charge in [-0.2, -0.15) is 4.99 Å². The van der Waals surface area contributed by atoms with Crippen LogP contribution in [0.2, 0.25) is 0 Å². The lowest BCUT2D eigenvalue weighted by Crippen LogP contribution is -2.00. The zero-order valence-electron chi connectivity index (χ0n) is 9.10. The van der Waals surface area contributed by atoms with Crippen LogP contribution in [0.15, 0.2) is 35.5 Å². The van der Waals surface area contributed by atoms with Crippen LogP contribution in [-0.4, -0.2) is 10.6 Å². The maximum absolute atomic E-state index is 10.5. The molecule has 0 atom stereocenters. The van der Waals surface area contributed by atoms with Crippen LogP contribution in [0.3, 0.4) is 0 Å². The van der Waals surface area contributed by atoms with E-state index >= 15 is 0 Å². The van der Waals surface area contributed by atoms with Crippen molar-refractivity contribution in [3.05, 3.63) is 36.0 Å². The number of carbonyl (C=O) groups excluding carboxylic acids is 1. The highest BCUT2D eigenvalue weighted by Gasteiger charge is 2.46. The summed E-state index contributed by atoms with van der Waals surface area (Å²) in [6.07, 6.45) is 5.70. The predicted molar refractivity (Wildman–Crippen MR) is 62.0 cm³/mol. The summed E-state index contributed by atoms with van der Waals surface area (Å²) in [7, 11) is 2.02. The van der Waals surface area contributed by atoms with Gasteiger partial charge in [-0.15, -0.1) is 0 Å². The van der Waals surface area contributed by atoms with Crippen molar-refractivity contribution in [3.8, 4) is 0 Å². The smallest absolute Gasteiger partial charge is 0.235 e. The highest BCUT2D eigenvalue weighted by atomic mass is 16.1. The lowest BCUT2D eigenvalue weighted by Gasteiger charge is -2.04. The predicted octanol–water partition coefficient (Wildman–Crippen LogP) is 2.50. The van der Waals surface area contributed by atoms with Crippen molar-refractivity contribution >= 4 is 17.0 Å². The van der Waals surface area contributed by atoms with Crippen LogP contribution >= 0.6 is 0 Å². The molecule has 0 unspecified atom stereocenters. The summed E-state index contributed by atoms with van der Waals surface area (Å²) in [4.78, 5) is 14.5. The van der Waals surface area contributed by atoms with Crippen LogP contribution in [0.25, 0.3) is 10.9 Å². The Labute approximate surface area is 93.4 Å². The Balaban J connectivity index is 2.29. The summed E-state index contributed by atoms with van der Waals surface area (Å²) in [5.41, 5.74) is 2.07. The minimum atomic E-state index is -0.275. The molecule has 1 saturated carbocycles. The molecule has 1 aliphatic carbocycles. The second-order valence-electron chi connectivity index (χ2n) is 4.41. The van der Waals surface area contributed by atoms with Gasteiger partial charge in [-0.05, 0) is 18.9 Å². The Hall–Kier alpha value is -1.86. The highest BCUT2D eigenvalue weighted by Crippen LogP contribution is 2.51. The third-order valence-electron chi connectivity index (χ3n) is 3.38. The van der Waals surface area contributed by atoms with Crippen molar-refractivity contribution in [2.24, 2.45) is 12.0 Å². The standard InChI is InChI=1S/C13H12N2O/c1-15-8-11(13(6-7-13)14-9-16)10-4-2-3-5-12(10)15/h2-5,8H,6-7H2,1H3. The first-order valence-electron chi connectivity index (χ1n) is 5.40. The Kier molecular flexibility index (Phi) is 1.79. The number of benzene rings is 1. The minimum Gasteiger partial charge on any atom is -0.350 e. The number of nitrogens with zero attached hydrogens (tertiary/aromatic N) is 2. The number of hydrogen-bond donors (Lipinski definition) is 0. The van der Waals surface area contributed by atoms with E-state index in [1.807, 2.05) is 19.2 Å². The lowest BCUT2D eigenvalue weighted by molar-refractivity contribution is 0.556. The molecule has 0 N–H and O–H groups in total. The average molecular weight is 212 g/mol. The number of rotatable bonds is 2. The van der Waals surface area contributed by atoms with Gasteiger partial charge in [0.25, 0.3) is 0 Å². The maximum atomic E-state index is 10.5. The molecule has 3 heteroatoms. The van der Waals surface area contributed by atoms with E-state index in [1.54, 1.807) is 6.08 Å². The first-order valence-corrected chi connectivity index (χ1v) is 5.40. The molecule has 1 aromatic carbocycles. The Morgan fingerprint density at radius 3 is 2.81 bits per heavy atom. The van der Waals surface area contributed by atoms with Gasteiger partial charge < -0.3 is 4.57 Å². The molecule has 2 aromatic rings. The molecule has 1 fully saturated rings. The number of aryl methyl sites for hydroxylation is 1. The zero-order valence-corrected chi connectivity index (χ0v) is 9.10. The molecule has 3 rings (SSSR count). The molecule has 0 spiro atoms. The SMILES string of the molecule is Cn1cc(C2(N=C=O)CC2)c2ccccc21. The third kappa shape index (κ3) is 1.15. The molecule has 1 aromatic heterocycles. The van der Waals surface area contributed by atoms with Crippen LogP contribution in [0.1, 0.15) is 18.4 Å². The Morgan fingerprint density at radius 1 is 1.38 bits per heavy atom. The van der Waals surface area contributed by atoms with E-state index in [2.05, 4.69) is 27.9 Å². The molecular weight excluding hydrogens is 200 g/mol. The molecular formula is C13H12N2O. The largest absolute Gasteiger partial charge is 0.350 e. The molecule has 0 amide bonds. The third-order valence-corrected chi connectivity index (χ3v) is 3.38. The molecule has 0 aliphatic heterocycles. The van der Waals surface area contributed by atoms with E-state index in [1.165, 1.54) is 10.9 Å². The van der Waals surface area contributed by atoms with Crippen LogP contribution < -0.4 is 0 Å². The van der Waals surface area contributed by atoms with Crippen molar-refractivity contribution in [3.63, 3.8) is 0 Å². The number of para-hydroxylation sites is 1. The average Bonchev–Trinajstić information content (AvgIpc) is 2.99. The van der Waals surface area contributed by atoms with Gasteiger partial charge in [-0.3, -0.25) is 0 Å². The molecule has 0 saturated heterocycles. The van der Waals surface area contributed by atoms with E-state index < -0.39 is 0 Å². The monoisotopic (exact) mass is 212 g/mol. The number of aliphatic imine (C=N–C) groups is 1. The molecule has 0 radical (unpaired) electrons. The fourth-order valence-electron chi connectivity index (χ4n) is 2.36. The van der Waals surface area contributed by atoms with E-state index in [0.717, 1.165) is 18.4 Å². The van der Waals surface area contributed by atoms with E-state index in [0.29, 0.717) is 0 Å². The second-order valence-corrected chi connectivity index (χ2v) is 4.41. The molecule has 0 bridgehead atoms. The molecule has 1 aliphatic rings. The zero-order chi connectivity index (χ0) is 11.2. The molecule has 1 heterocycles. The van der Waals surface area contributed by atoms with Crippen LogP contribution in [0.5, 0.6) is 0 Å². The van der Waals surface area contributed by atoms with Crippen molar-refractivity contribution in [2.45, 2.75) is 18.4 Å². The summed E-state index contributed by atoms with van der Waals surface area (Å²) in [6.45, 7) is 0. The second kappa shape index (κ2) is 3.06. The van der Waals surface area contributed by atoms with Gasteiger partial charge in [0.05, 0.1) is 0 Å². The number of aromatic nitrogens is 1. The number of fused-ring (bicyclic) bond motifs is 1. The van der Waals surface area contributed by atoms with Gasteiger partial charge in [-0.1, -0.05) is 18.2 Å². The summed E-state index contributed by atoms with van der Waals surface area (Å²) < 4.78 is 2.09. The molecule has 3 nitrogen and oxygen atoms in total. The van der Waals surface area contributed by atoms with Gasteiger partial charge in [0.2, 0.25) is 6.08 Å². The van der Waals surface area contributed by atoms with E-state index in [-0.39, 0.29) is 5.54 Å². The van der Waals surface area contributed by atoms with Crippen molar-refractivity contribution in [1.82, 2.24) is 4.57 Å². The maximum Gasteiger partial charge on any atom is 0.235 e. The van der Waals surface area contributed by atoms with E-state index in [4.69, 9.17) is 0 Å². The van der Waals surface area contributed by atoms with Gasteiger partial charge in [0, 0.05) is 29.7 Å². The van der Waals surface area contributed by atoms with Gasteiger partial charge >= 0.3 is 0 Å². The lowest BCUT2D eigenvalue weighted by atomic mass is 10.0. The number of hydrogen-bond acceptors (Lipinski definition) is 2. The van der Waals surface area contributed by atoms with Crippen LogP contribution in [0.4, 0.5) is 0 Å².